The number of aromatic amines is 2. The van der Waals surface area contributed by atoms with E-state index in [9.17, 15) is 0 Å². The Labute approximate surface area is 618 Å². The standard InChI is InChI=1S/C97H107N3O4/c1-9-17-24-66(13-5)62-101-83-41-31-70(32-42-83)75-39-49-94-89(56-75)91-60-79(72-35-45-85(46-36-72)103-64-68(15-7)26-19-11-3)58-87(96(91)99-94)81-53-78(74-28-23-29-77(52-74)93-30-21-22-51-98-93)54-82(55-81)88-59-80(73-37-47-86(48-38-73)104-65-69(16-8)27-20-12-4)61-92-90-57-76(40-50-95(90)100-97(88)92)71-33-43-84(44-34-71)102-63-67(14-6)25-18-10-2/h21-23,28-61,66-69,99-100H,9-20,24-27,62-65H2,1-8H3. The molecule has 7 heteroatoms. The van der Waals surface area contributed by atoms with Gasteiger partial charge in [0.2, 0.25) is 0 Å². The molecule has 13 rings (SSSR count). The summed E-state index contributed by atoms with van der Waals surface area (Å²) >= 11 is 0. The lowest BCUT2D eigenvalue weighted by molar-refractivity contribution is 0.233. The van der Waals surface area contributed by atoms with Crippen LogP contribution in [0, 0.1) is 23.7 Å². The van der Waals surface area contributed by atoms with E-state index in [0.29, 0.717) is 23.7 Å². The highest BCUT2D eigenvalue weighted by molar-refractivity contribution is 6.17. The summed E-state index contributed by atoms with van der Waals surface area (Å²) < 4.78 is 26.0. The molecular formula is C97H107N3O4. The zero-order chi connectivity index (χ0) is 71.7. The Bertz CT molecular complexity index is 4650. The van der Waals surface area contributed by atoms with Crippen LogP contribution in [0.25, 0.3) is 133 Å². The second-order valence-corrected chi connectivity index (χ2v) is 29.3. The number of nitrogens with one attached hydrogen (secondary N) is 2. The Kier molecular flexibility index (Phi) is 24.5. The van der Waals surface area contributed by atoms with Gasteiger partial charge in [-0.1, -0.05) is 217 Å². The summed E-state index contributed by atoms with van der Waals surface area (Å²) in [6.45, 7) is 21.1. The Morgan fingerprint density at radius 2 is 0.596 bits per heavy atom. The van der Waals surface area contributed by atoms with Gasteiger partial charge < -0.3 is 28.9 Å². The van der Waals surface area contributed by atoms with Crippen molar-refractivity contribution in [1.82, 2.24) is 15.0 Å². The number of H-pyrrole nitrogens is 2. The van der Waals surface area contributed by atoms with Gasteiger partial charge in [-0.15, -0.1) is 0 Å². The third-order valence-corrected chi connectivity index (χ3v) is 22.0. The number of hydrogen-bond donors (Lipinski definition) is 2. The predicted molar refractivity (Wildman–Crippen MR) is 442 cm³/mol. The average molecular weight is 1380 g/mol. The van der Waals surface area contributed by atoms with Crippen molar-refractivity contribution in [2.45, 2.75) is 158 Å². The summed E-state index contributed by atoms with van der Waals surface area (Å²) in [5, 5.41) is 4.64. The van der Waals surface area contributed by atoms with Crippen LogP contribution in [-0.2, 0) is 0 Å². The van der Waals surface area contributed by atoms with Gasteiger partial charge in [-0.3, -0.25) is 4.98 Å². The molecule has 0 aliphatic heterocycles. The van der Waals surface area contributed by atoms with Crippen LogP contribution in [0.15, 0.2) is 225 Å². The second-order valence-electron chi connectivity index (χ2n) is 29.3. The van der Waals surface area contributed by atoms with Gasteiger partial charge >= 0.3 is 0 Å². The van der Waals surface area contributed by atoms with E-state index in [1.165, 1.54) is 77.0 Å². The minimum Gasteiger partial charge on any atom is -0.493 e. The molecule has 0 saturated carbocycles. The first-order valence-electron chi connectivity index (χ1n) is 39.4. The van der Waals surface area contributed by atoms with Gasteiger partial charge in [0, 0.05) is 55.5 Å². The molecule has 0 radical (unpaired) electrons. The molecule has 0 bridgehead atoms. The lowest BCUT2D eigenvalue weighted by Crippen LogP contribution is -2.11. The summed E-state index contributed by atoms with van der Waals surface area (Å²) in [5.41, 5.74) is 22.0. The van der Waals surface area contributed by atoms with Crippen LogP contribution in [0.5, 0.6) is 23.0 Å². The monoisotopic (exact) mass is 1380 g/mol. The van der Waals surface area contributed by atoms with Gasteiger partial charge in [0.25, 0.3) is 0 Å². The molecule has 3 heterocycles. The zero-order valence-electron chi connectivity index (χ0n) is 62.9. The number of aromatic nitrogens is 3. The first-order valence-corrected chi connectivity index (χ1v) is 39.4. The van der Waals surface area contributed by atoms with Crippen molar-refractivity contribution in [3.05, 3.63) is 225 Å². The normalized spacial score (nSPS) is 12.8. The molecule has 4 unspecified atom stereocenters. The molecule has 0 saturated heterocycles. The molecule has 13 aromatic rings. The van der Waals surface area contributed by atoms with Crippen LogP contribution in [0.3, 0.4) is 0 Å². The molecule has 0 spiro atoms. The molecule has 0 aliphatic carbocycles. The minimum atomic E-state index is 0.533. The molecule has 3 aromatic heterocycles. The number of fused-ring (bicyclic) bond motifs is 6. The summed E-state index contributed by atoms with van der Waals surface area (Å²) in [6.07, 6.45) is 20.8. The Balaban J connectivity index is 0.977. The number of benzene rings is 10. The van der Waals surface area contributed by atoms with Crippen LogP contribution in [-0.4, -0.2) is 41.4 Å². The summed E-state index contributed by atoms with van der Waals surface area (Å²) in [6, 6.07) is 80.7. The van der Waals surface area contributed by atoms with E-state index in [0.717, 1.165) is 208 Å². The van der Waals surface area contributed by atoms with Crippen molar-refractivity contribution in [1.29, 1.82) is 0 Å². The lowest BCUT2D eigenvalue weighted by atomic mass is 9.88. The smallest absolute Gasteiger partial charge is 0.119 e. The second kappa shape index (κ2) is 35.1. The van der Waals surface area contributed by atoms with E-state index in [4.69, 9.17) is 23.9 Å². The quantitative estimate of drug-likeness (QED) is 0.0409. The third-order valence-electron chi connectivity index (χ3n) is 22.0. The Morgan fingerprint density at radius 3 is 0.952 bits per heavy atom. The lowest BCUT2D eigenvalue weighted by Gasteiger charge is -2.17. The summed E-state index contributed by atoms with van der Waals surface area (Å²) in [5.74, 6) is 5.82. The topological polar surface area (TPSA) is 81.4 Å². The van der Waals surface area contributed by atoms with Crippen molar-refractivity contribution >= 4 is 43.6 Å². The van der Waals surface area contributed by atoms with E-state index in [1.54, 1.807) is 0 Å². The average Bonchev–Trinajstić information content (AvgIpc) is 1.55. The molecule has 4 atom stereocenters. The first kappa shape index (κ1) is 72.5. The van der Waals surface area contributed by atoms with Crippen molar-refractivity contribution in [3.8, 4) is 112 Å². The fraction of sp³-hybridized carbons (Fsp3) is 0.330. The number of pyridine rings is 1. The third kappa shape index (κ3) is 17.3. The summed E-state index contributed by atoms with van der Waals surface area (Å²) in [7, 11) is 0. The van der Waals surface area contributed by atoms with Crippen LogP contribution in [0.4, 0.5) is 0 Å². The van der Waals surface area contributed by atoms with Gasteiger partial charge in [-0.2, -0.15) is 0 Å². The van der Waals surface area contributed by atoms with Gasteiger partial charge in [0.1, 0.15) is 23.0 Å². The highest BCUT2D eigenvalue weighted by atomic mass is 16.5. The van der Waals surface area contributed by atoms with Crippen molar-refractivity contribution in [3.63, 3.8) is 0 Å². The highest BCUT2D eigenvalue weighted by Crippen LogP contribution is 2.46. The fourth-order valence-corrected chi connectivity index (χ4v) is 15.1. The molecule has 0 fully saturated rings. The van der Waals surface area contributed by atoms with E-state index in [-0.39, 0.29) is 0 Å². The van der Waals surface area contributed by atoms with Crippen LogP contribution < -0.4 is 18.9 Å². The maximum Gasteiger partial charge on any atom is 0.119 e. The number of ether oxygens (including phenoxy) is 4. The molecule has 104 heavy (non-hydrogen) atoms. The largest absolute Gasteiger partial charge is 0.493 e. The summed E-state index contributed by atoms with van der Waals surface area (Å²) in [4.78, 5) is 12.9. The number of rotatable bonds is 36. The molecule has 534 valence electrons. The van der Waals surface area contributed by atoms with Crippen LogP contribution in [0.2, 0.25) is 0 Å². The first-order chi connectivity index (χ1) is 51.1. The van der Waals surface area contributed by atoms with Crippen molar-refractivity contribution in [2.24, 2.45) is 23.7 Å². The predicted octanol–water partition coefficient (Wildman–Crippen LogP) is 28.1. The van der Waals surface area contributed by atoms with Gasteiger partial charge in [-0.05, 0) is 250 Å². The van der Waals surface area contributed by atoms with E-state index >= 15 is 0 Å². The molecule has 10 aromatic carbocycles. The molecule has 7 nitrogen and oxygen atoms in total. The van der Waals surface area contributed by atoms with Gasteiger partial charge in [0.05, 0.1) is 43.2 Å². The van der Waals surface area contributed by atoms with Crippen molar-refractivity contribution < 1.29 is 18.9 Å². The number of hydrogen-bond acceptors (Lipinski definition) is 5. The van der Waals surface area contributed by atoms with Gasteiger partial charge in [0.15, 0.2) is 0 Å². The zero-order valence-corrected chi connectivity index (χ0v) is 62.9. The Morgan fingerprint density at radius 1 is 0.279 bits per heavy atom. The van der Waals surface area contributed by atoms with E-state index < -0.39 is 0 Å². The number of nitrogens with zero attached hydrogens (tertiary/aromatic N) is 1. The Hall–Kier alpha value is -9.85. The maximum absolute atomic E-state index is 6.56. The number of unbranched alkanes of at least 4 members (excludes halogenated alkanes) is 4. The molecule has 0 aliphatic rings. The molecular weight excluding hydrogens is 1270 g/mol. The maximum atomic E-state index is 6.56. The van der Waals surface area contributed by atoms with Crippen LogP contribution >= 0.6 is 0 Å². The molecule has 2 N–H and O–H groups in total. The highest BCUT2D eigenvalue weighted by Gasteiger charge is 2.22. The van der Waals surface area contributed by atoms with Gasteiger partial charge in [-0.25, -0.2) is 0 Å². The van der Waals surface area contributed by atoms with E-state index in [2.05, 4.69) is 278 Å². The fourth-order valence-electron chi connectivity index (χ4n) is 15.1. The van der Waals surface area contributed by atoms with E-state index in [1.807, 2.05) is 12.3 Å². The SMILES string of the molecule is CCCCC(CC)COc1ccc(-c2ccc3[nH]c4c(-c5cc(-c6cccc(-c7ccccn7)c6)cc(-c6cc(-c7ccc(OCC(CC)CCCC)cc7)cc7c6[nH]c6ccc(-c8ccc(OCC(CC)CCCC)cc8)cc67)c5)cc(-c5ccc(OCC(CC)CCCC)cc5)cc4c3c2)cc1. The molecule has 0 amide bonds. The van der Waals surface area contributed by atoms with Crippen molar-refractivity contribution in [2.75, 3.05) is 26.4 Å². The van der Waals surface area contributed by atoms with Crippen LogP contribution in [0.1, 0.15) is 158 Å². The minimum absolute atomic E-state index is 0.533.